The summed E-state index contributed by atoms with van der Waals surface area (Å²) in [5, 5.41) is 0. The van der Waals surface area contributed by atoms with E-state index in [4.69, 9.17) is 19.4 Å². The van der Waals surface area contributed by atoms with E-state index in [-0.39, 0.29) is 0 Å². The van der Waals surface area contributed by atoms with Crippen molar-refractivity contribution in [2.24, 2.45) is 0 Å². The van der Waals surface area contributed by atoms with E-state index in [1.54, 1.807) is 0 Å². The van der Waals surface area contributed by atoms with Gasteiger partial charge >= 0.3 is 209 Å². The number of nitrogens with zero attached hydrogens (tertiary/aromatic N) is 2. The molecule has 0 unspecified atom stereocenters. The molecule has 3 rings (SSSR count). The number of benzene rings is 2. The molecule has 2 nitrogen and oxygen atoms in total. The first-order chi connectivity index (χ1) is 15.1. The molecule has 0 saturated carbocycles. The average Bonchev–Trinajstić information content (AvgIpc) is 3.17. The molecule has 32 heavy (non-hydrogen) atoms. The molecule has 0 spiro atoms. The van der Waals surface area contributed by atoms with E-state index in [1.807, 2.05) is 0 Å². The Morgan fingerprint density at radius 2 is 0.875 bits per heavy atom. The third-order valence-corrected chi connectivity index (χ3v) is 9.26. The van der Waals surface area contributed by atoms with Gasteiger partial charge in [0.05, 0.1) is 0 Å². The van der Waals surface area contributed by atoms with Crippen LogP contribution in [0.4, 0.5) is 11.4 Å². The third kappa shape index (κ3) is 4.96. The summed E-state index contributed by atoms with van der Waals surface area (Å²) >= 11 is -2.22. The molecule has 0 atom stereocenters. The summed E-state index contributed by atoms with van der Waals surface area (Å²) in [5.74, 6) is 1.72. The Bertz CT molecular complexity index is 865. The number of para-hydroxylation sites is 2. The van der Waals surface area contributed by atoms with Gasteiger partial charge in [0.15, 0.2) is 0 Å². The third-order valence-electron chi connectivity index (χ3n) is 6.32. The second-order valence-electron chi connectivity index (χ2n) is 9.93. The molecule has 2 aromatic carbocycles. The second-order valence-corrected chi connectivity index (χ2v) is 15.6. The molecule has 0 aromatic heterocycles. The van der Waals surface area contributed by atoms with Crippen LogP contribution >= 0.6 is 19.4 Å². The average molecular weight is 563 g/mol. The van der Waals surface area contributed by atoms with Crippen molar-refractivity contribution in [2.45, 2.75) is 79.1 Å². The van der Waals surface area contributed by atoms with Gasteiger partial charge in [0.1, 0.15) is 0 Å². The first kappa shape index (κ1) is 25.7. The molecular formula is C27H38Cl2N2Ru-2. The van der Waals surface area contributed by atoms with Crippen LogP contribution in [0.25, 0.3) is 0 Å². The van der Waals surface area contributed by atoms with Crippen LogP contribution in [-0.4, -0.2) is 17.4 Å². The van der Waals surface area contributed by atoms with Crippen LogP contribution in [0.2, 0.25) is 0 Å². The van der Waals surface area contributed by atoms with E-state index >= 15 is 0 Å². The van der Waals surface area contributed by atoms with Crippen molar-refractivity contribution < 1.29 is 13.5 Å². The van der Waals surface area contributed by atoms with Crippen LogP contribution in [0.15, 0.2) is 36.4 Å². The molecule has 1 saturated heterocycles. The van der Waals surface area contributed by atoms with Gasteiger partial charge in [-0.3, -0.25) is 0 Å². The normalized spacial score (nSPS) is 15.2. The summed E-state index contributed by atoms with van der Waals surface area (Å²) in [7, 11) is 13.8. The standard InChI is InChI=1S/C27H38N2.2ClH.Ru/c1-18(2)22-11-9-12-23(19(3)4)26(22)28-15-16-29(17-28)27-24(20(5)6)13-10-14-25(27)21(7)8;;;/h9-14,18-21H,15-16H2,1-8H3;2*1H;/p-2. The van der Waals surface area contributed by atoms with Crippen LogP contribution in [0.5, 0.6) is 0 Å². The number of halogens is 2. The van der Waals surface area contributed by atoms with E-state index in [0.717, 1.165) is 17.4 Å². The van der Waals surface area contributed by atoms with Crippen molar-refractivity contribution in [1.82, 2.24) is 0 Å². The van der Waals surface area contributed by atoms with E-state index in [1.165, 1.54) is 33.6 Å². The number of hydrogen-bond donors (Lipinski definition) is 0. The number of anilines is 2. The first-order valence-electron chi connectivity index (χ1n) is 11.7. The van der Waals surface area contributed by atoms with E-state index in [9.17, 15) is 0 Å². The molecule has 0 bridgehead atoms. The van der Waals surface area contributed by atoms with Gasteiger partial charge in [-0.1, -0.05) is 0 Å². The van der Waals surface area contributed by atoms with Crippen LogP contribution in [0, 0.1) is 0 Å². The summed E-state index contributed by atoms with van der Waals surface area (Å²) in [4.78, 5) is 4.93. The van der Waals surface area contributed by atoms with Gasteiger partial charge in [0.2, 0.25) is 0 Å². The van der Waals surface area contributed by atoms with Crippen LogP contribution < -0.4 is 9.80 Å². The van der Waals surface area contributed by atoms with Gasteiger partial charge in [0.25, 0.3) is 0 Å². The Kier molecular flexibility index (Phi) is 8.51. The quantitative estimate of drug-likeness (QED) is 0.326. The molecule has 0 aliphatic carbocycles. The van der Waals surface area contributed by atoms with Crippen molar-refractivity contribution in [3.05, 3.63) is 58.7 Å². The Hall–Kier alpha value is -0.887. The Morgan fingerprint density at radius 1 is 0.594 bits per heavy atom. The summed E-state index contributed by atoms with van der Waals surface area (Å²) in [6, 6.07) is 13.5. The zero-order chi connectivity index (χ0) is 23.7. The van der Waals surface area contributed by atoms with Crippen LogP contribution in [0.3, 0.4) is 0 Å². The van der Waals surface area contributed by atoms with Crippen molar-refractivity contribution in [3.8, 4) is 0 Å². The number of rotatable bonds is 6. The fourth-order valence-electron chi connectivity index (χ4n) is 4.72. The predicted molar refractivity (Wildman–Crippen MR) is 141 cm³/mol. The molecule has 0 radical (unpaired) electrons. The van der Waals surface area contributed by atoms with Gasteiger partial charge in [-0.25, -0.2) is 0 Å². The fourth-order valence-corrected chi connectivity index (χ4v) is 7.91. The Morgan fingerprint density at radius 3 is 1.09 bits per heavy atom. The Balaban J connectivity index is 2.25. The van der Waals surface area contributed by atoms with Gasteiger partial charge in [-0.2, -0.15) is 0 Å². The summed E-state index contributed by atoms with van der Waals surface area (Å²) in [5.41, 5.74) is 8.15. The van der Waals surface area contributed by atoms with Gasteiger partial charge < -0.3 is 0 Å². The van der Waals surface area contributed by atoms with Gasteiger partial charge in [-0.15, -0.1) is 0 Å². The molecule has 5 heteroatoms. The van der Waals surface area contributed by atoms with Gasteiger partial charge in [-0.05, 0) is 0 Å². The SMILES string of the molecule is CC(C)c1cccc(C(C)C)c1N1CCN(c2c(C(C)C)cccc2C(C)C)[C]1=[Ru-2]([Cl])[Cl]. The van der Waals surface area contributed by atoms with Crippen LogP contribution in [-0.2, 0) is 13.5 Å². The molecule has 1 aliphatic heterocycles. The predicted octanol–water partition coefficient (Wildman–Crippen LogP) is 8.52. The van der Waals surface area contributed by atoms with E-state index in [0.29, 0.717) is 23.7 Å². The van der Waals surface area contributed by atoms with Crippen molar-refractivity contribution in [1.29, 1.82) is 0 Å². The van der Waals surface area contributed by atoms with Crippen molar-refractivity contribution >= 4 is 35.1 Å². The van der Waals surface area contributed by atoms with E-state index in [2.05, 4.69) is 102 Å². The maximum atomic E-state index is 6.89. The zero-order valence-corrected chi connectivity index (χ0v) is 23.9. The monoisotopic (exact) mass is 562 g/mol. The van der Waals surface area contributed by atoms with Crippen molar-refractivity contribution in [3.63, 3.8) is 0 Å². The molecule has 1 aliphatic rings. The molecule has 1 fully saturated rings. The first-order valence-corrected chi connectivity index (χ1v) is 17.1. The van der Waals surface area contributed by atoms with Gasteiger partial charge in [0, 0.05) is 0 Å². The van der Waals surface area contributed by atoms with Crippen molar-refractivity contribution in [2.75, 3.05) is 22.9 Å². The second kappa shape index (κ2) is 10.6. The summed E-state index contributed by atoms with van der Waals surface area (Å²) in [6.07, 6.45) is 0. The van der Waals surface area contributed by atoms with Crippen LogP contribution in [0.1, 0.15) is 101 Å². The molecular weight excluding hydrogens is 524 g/mol. The number of hydrogen-bond acceptors (Lipinski definition) is 2. The fraction of sp³-hybridized carbons (Fsp3) is 0.519. The molecule has 0 amide bonds. The zero-order valence-electron chi connectivity index (χ0n) is 20.7. The molecule has 2 aromatic rings. The molecule has 1 heterocycles. The minimum absolute atomic E-state index is 0.430. The van der Waals surface area contributed by atoms with E-state index < -0.39 is 13.5 Å². The summed E-state index contributed by atoms with van der Waals surface area (Å²) in [6.45, 7) is 20.0. The maximum absolute atomic E-state index is 6.89. The summed E-state index contributed by atoms with van der Waals surface area (Å²) < 4.78 is 1.13. The Labute approximate surface area is 208 Å². The topological polar surface area (TPSA) is 6.48 Å². The molecule has 0 N–H and O–H groups in total. The minimum atomic E-state index is -2.22. The molecule has 180 valence electrons.